The van der Waals surface area contributed by atoms with E-state index < -0.39 is 0 Å². The highest BCUT2D eigenvalue weighted by Gasteiger charge is 2.22. The lowest BCUT2D eigenvalue weighted by molar-refractivity contribution is -0.121. The average Bonchev–Trinajstić information content (AvgIpc) is 2.40. The van der Waals surface area contributed by atoms with Gasteiger partial charge >= 0.3 is 0 Å². The Bertz CT molecular complexity index is 391. The molecule has 3 heteroatoms. The maximum Gasteiger partial charge on any atom is 0.133 e. The predicted molar refractivity (Wildman–Crippen MR) is 73.2 cm³/mol. The van der Waals surface area contributed by atoms with Crippen LogP contribution in [0.5, 0.6) is 5.75 Å². The van der Waals surface area contributed by atoms with Crippen molar-refractivity contribution in [1.82, 2.24) is 0 Å². The maximum atomic E-state index is 11.3. The number of rotatable bonds is 4. The van der Waals surface area contributed by atoms with Crippen molar-refractivity contribution in [3.05, 3.63) is 24.3 Å². The highest BCUT2D eigenvalue weighted by atomic mass is 16.5. The summed E-state index contributed by atoms with van der Waals surface area (Å²) in [6.07, 6.45) is 1.95. The van der Waals surface area contributed by atoms with Crippen LogP contribution in [0, 0.1) is 5.92 Å². The number of hydrogen-bond acceptors (Lipinski definition) is 3. The van der Waals surface area contributed by atoms with Gasteiger partial charge in [-0.3, -0.25) is 4.79 Å². The molecule has 1 heterocycles. The van der Waals surface area contributed by atoms with Crippen molar-refractivity contribution in [1.29, 1.82) is 0 Å². The monoisotopic (exact) mass is 247 g/mol. The van der Waals surface area contributed by atoms with Crippen molar-refractivity contribution in [2.75, 3.05) is 24.6 Å². The van der Waals surface area contributed by atoms with Crippen molar-refractivity contribution >= 4 is 11.5 Å². The SMILES string of the molecule is CCOc1ccc(N2CCC(C(C)=O)CC2)cc1. The number of anilines is 1. The fourth-order valence-corrected chi connectivity index (χ4v) is 2.46. The molecular formula is C15H21NO2. The standard InChI is InChI=1S/C15H21NO2/c1-3-18-15-6-4-14(5-7-15)16-10-8-13(9-11-16)12(2)17/h4-7,13H,3,8-11H2,1-2H3. The maximum absolute atomic E-state index is 11.3. The molecule has 0 bridgehead atoms. The Morgan fingerprint density at radius 1 is 1.28 bits per heavy atom. The van der Waals surface area contributed by atoms with Gasteiger partial charge < -0.3 is 9.64 Å². The van der Waals surface area contributed by atoms with Gasteiger partial charge in [0.25, 0.3) is 0 Å². The normalized spacial score (nSPS) is 16.7. The summed E-state index contributed by atoms with van der Waals surface area (Å²) in [5.41, 5.74) is 1.22. The summed E-state index contributed by atoms with van der Waals surface area (Å²) in [5, 5.41) is 0. The zero-order valence-electron chi connectivity index (χ0n) is 11.2. The van der Waals surface area contributed by atoms with Crippen LogP contribution in [0.3, 0.4) is 0 Å². The van der Waals surface area contributed by atoms with Crippen LogP contribution in [0.25, 0.3) is 0 Å². The van der Waals surface area contributed by atoms with Crippen molar-refractivity contribution in [3.8, 4) is 5.75 Å². The van der Waals surface area contributed by atoms with Gasteiger partial charge in [0.1, 0.15) is 11.5 Å². The number of Topliss-reactive ketones (excluding diaryl/α,β-unsaturated/α-hetero) is 1. The topological polar surface area (TPSA) is 29.5 Å². The first kappa shape index (κ1) is 12.9. The molecule has 1 aromatic carbocycles. The second-order valence-corrected chi connectivity index (χ2v) is 4.80. The molecule has 1 aliphatic heterocycles. The fraction of sp³-hybridized carbons (Fsp3) is 0.533. The Labute approximate surface area is 109 Å². The molecule has 98 valence electrons. The summed E-state index contributed by atoms with van der Waals surface area (Å²) in [6, 6.07) is 8.21. The van der Waals surface area contributed by atoms with Crippen molar-refractivity contribution in [2.24, 2.45) is 5.92 Å². The molecule has 0 amide bonds. The van der Waals surface area contributed by atoms with Gasteiger partial charge in [0.2, 0.25) is 0 Å². The molecule has 3 nitrogen and oxygen atoms in total. The summed E-state index contributed by atoms with van der Waals surface area (Å²) in [4.78, 5) is 13.7. The molecule has 0 spiro atoms. The minimum atomic E-state index is 0.268. The molecule has 1 aromatic rings. The van der Waals surface area contributed by atoms with Crippen LogP contribution in [0.1, 0.15) is 26.7 Å². The van der Waals surface area contributed by atoms with Crippen LogP contribution in [0.2, 0.25) is 0 Å². The van der Waals surface area contributed by atoms with Gasteiger partial charge in [0.15, 0.2) is 0 Å². The first-order valence-corrected chi connectivity index (χ1v) is 6.69. The Morgan fingerprint density at radius 3 is 2.39 bits per heavy atom. The van der Waals surface area contributed by atoms with E-state index in [9.17, 15) is 4.79 Å². The van der Waals surface area contributed by atoms with E-state index in [0.717, 1.165) is 31.7 Å². The lowest BCUT2D eigenvalue weighted by Gasteiger charge is -2.32. The van der Waals surface area contributed by atoms with E-state index in [1.807, 2.05) is 19.1 Å². The Morgan fingerprint density at radius 2 is 1.89 bits per heavy atom. The van der Waals surface area contributed by atoms with Gasteiger partial charge in [0.05, 0.1) is 6.61 Å². The molecule has 18 heavy (non-hydrogen) atoms. The second kappa shape index (κ2) is 5.89. The van der Waals surface area contributed by atoms with Crippen LogP contribution in [0.15, 0.2) is 24.3 Å². The van der Waals surface area contributed by atoms with Gasteiger partial charge in [-0.15, -0.1) is 0 Å². The Balaban J connectivity index is 1.95. The zero-order chi connectivity index (χ0) is 13.0. The minimum Gasteiger partial charge on any atom is -0.494 e. The summed E-state index contributed by atoms with van der Waals surface area (Å²) >= 11 is 0. The molecule has 0 radical (unpaired) electrons. The van der Waals surface area contributed by atoms with E-state index in [-0.39, 0.29) is 5.92 Å². The van der Waals surface area contributed by atoms with Crippen molar-refractivity contribution in [2.45, 2.75) is 26.7 Å². The highest BCUT2D eigenvalue weighted by molar-refractivity contribution is 5.78. The number of ketones is 1. The second-order valence-electron chi connectivity index (χ2n) is 4.80. The van der Waals surface area contributed by atoms with Gasteiger partial charge in [-0.25, -0.2) is 0 Å². The lowest BCUT2D eigenvalue weighted by atomic mass is 9.93. The Hall–Kier alpha value is -1.51. The molecule has 2 rings (SSSR count). The third-order valence-electron chi connectivity index (χ3n) is 3.58. The van der Waals surface area contributed by atoms with E-state index in [0.29, 0.717) is 12.4 Å². The number of benzene rings is 1. The van der Waals surface area contributed by atoms with Crippen LogP contribution >= 0.6 is 0 Å². The van der Waals surface area contributed by atoms with Gasteiger partial charge in [0, 0.05) is 24.7 Å². The van der Waals surface area contributed by atoms with Crippen LogP contribution in [0.4, 0.5) is 5.69 Å². The smallest absolute Gasteiger partial charge is 0.133 e. The third-order valence-corrected chi connectivity index (χ3v) is 3.58. The van der Waals surface area contributed by atoms with E-state index >= 15 is 0 Å². The third kappa shape index (κ3) is 3.03. The molecule has 0 unspecified atom stereocenters. The summed E-state index contributed by atoms with van der Waals surface area (Å²) in [6.45, 7) is 6.33. The van der Waals surface area contributed by atoms with E-state index in [1.165, 1.54) is 5.69 Å². The molecule has 1 saturated heterocycles. The van der Waals surface area contributed by atoms with Crippen LogP contribution in [-0.4, -0.2) is 25.5 Å². The lowest BCUT2D eigenvalue weighted by Crippen LogP contribution is -2.35. The van der Waals surface area contributed by atoms with Crippen LogP contribution < -0.4 is 9.64 Å². The predicted octanol–water partition coefficient (Wildman–Crippen LogP) is 2.89. The van der Waals surface area contributed by atoms with E-state index in [2.05, 4.69) is 17.0 Å². The first-order valence-electron chi connectivity index (χ1n) is 6.69. The van der Waals surface area contributed by atoms with Gasteiger partial charge in [-0.1, -0.05) is 0 Å². The molecule has 1 fully saturated rings. The van der Waals surface area contributed by atoms with Gasteiger partial charge in [-0.05, 0) is 51.0 Å². The minimum absolute atomic E-state index is 0.268. The number of carbonyl (C=O) groups is 1. The number of hydrogen-bond donors (Lipinski definition) is 0. The molecular weight excluding hydrogens is 226 g/mol. The van der Waals surface area contributed by atoms with Gasteiger partial charge in [-0.2, -0.15) is 0 Å². The van der Waals surface area contributed by atoms with Crippen LogP contribution in [-0.2, 0) is 4.79 Å². The summed E-state index contributed by atoms with van der Waals surface area (Å²) in [7, 11) is 0. The van der Waals surface area contributed by atoms with E-state index in [1.54, 1.807) is 6.92 Å². The number of piperidine rings is 1. The average molecular weight is 247 g/mol. The molecule has 0 aromatic heterocycles. The first-order chi connectivity index (χ1) is 8.70. The summed E-state index contributed by atoms with van der Waals surface area (Å²) in [5.74, 6) is 1.52. The number of carbonyl (C=O) groups excluding carboxylic acids is 1. The summed E-state index contributed by atoms with van der Waals surface area (Å²) < 4.78 is 5.43. The number of nitrogens with zero attached hydrogens (tertiary/aromatic N) is 1. The molecule has 1 aliphatic rings. The fourth-order valence-electron chi connectivity index (χ4n) is 2.46. The number of ether oxygens (including phenoxy) is 1. The molecule has 0 N–H and O–H groups in total. The zero-order valence-corrected chi connectivity index (χ0v) is 11.2. The highest BCUT2D eigenvalue weighted by Crippen LogP contribution is 2.25. The van der Waals surface area contributed by atoms with E-state index in [4.69, 9.17) is 4.74 Å². The largest absolute Gasteiger partial charge is 0.494 e. The molecule has 0 saturated carbocycles. The molecule has 0 atom stereocenters. The Kier molecular flexibility index (Phi) is 4.24. The molecule has 0 aliphatic carbocycles. The van der Waals surface area contributed by atoms with Crippen molar-refractivity contribution in [3.63, 3.8) is 0 Å². The quantitative estimate of drug-likeness (QED) is 0.819. The van der Waals surface area contributed by atoms with Crippen molar-refractivity contribution < 1.29 is 9.53 Å².